The van der Waals surface area contributed by atoms with Crippen molar-refractivity contribution < 1.29 is 17.7 Å². The average molecular weight is 283 g/mol. The Labute approximate surface area is 109 Å². The molecule has 1 amide bonds. The Morgan fingerprint density at radius 1 is 1.37 bits per heavy atom. The second-order valence-electron chi connectivity index (χ2n) is 4.02. The minimum Gasteiger partial charge on any atom is -0.356 e. The first-order valence-corrected chi connectivity index (χ1v) is 7.28. The zero-order valence-corrected chi connectivity index (χ0v) is 10.8. The van der Waals surface area contributed by atoms with Gasteiger partial charge in [-0.25, -0.2) is 13.6 Å². The average Bonchev–Trinajstić information content (AvgIpc) is 2.71. The van der Waals surface area contributed by atoms with E-state index in [0.29, 0.717) is 11.3 Å². The molecule has 3 N–H and O–H groups in total. The number of carbonyl (C=O) groups is 1. The van der Waals surface area contributed by atoms with Crippen molar-refractivity contribution in [3.63, 3.8) is 0 Å². The minimum absolute atomic E-state index is 0.0204. The molecule has 0 bridgehead atoms. The molecule has 1 aromatic heterocycles. The molecule has 0 saturated carbocycles. The summed E-state index contributed by atoms with van der Waals surface area (Å²) in [6.07, 6.45) is 0.0294. The minimum atomic E-state index is -3.57. The molecule has 0 atom stereocenters. The van der Waals surface area contributed by atoms with Crippen LogP contribution in [-0.2, 0) is 21.2 Å². The maximum Gasteiger partial charge on any atom is 0.226 e. The highest BCUT2D eigenvalue weighted by molar-refractivity contribution is 7.89. The monoisotopic (exact) mass is 283 g/mol. The summed E-state index contributed by atoms with van der Waals surface area (Å²) in [7, 11) is -3.57. The molecule has 7 nitrogen and oxygen atoms in total. The van der Waals surface area contributed by atoms with Crippen LogP contribution in [0.4, 0.5) is 0 Å². The lowest BCUT2D eigenvalue weighted by atomic mass is 10.2. The van der Waals surface area contributed by atoms with Crippen LogP contribution >= 0.6 is 0 Å². The third-order valence-electron chi connectivity index (χ3n) is 2.49. The fourth-order valence-corrected chi connectivity index (χ4v) is 2.00. The van der Waals surface area contributed by atoms with E-state index >= 15 is 0 Å². The molecule has 0 aliphatic heterocycles. The molecule has 1 aromatic carbocycles. The topological polar surface area (TPSA) is 115 Å². The number of sulfonamides is 1. The van der Waals surface area contributed by atoms with Gasteiger partial charge < -0.3 is 9.84 Å². The number of primary sulfonamides is 1. The number of rotatable bonds is 5. The smallest absolute Gasteiger partial charge is 0.226 e. The Bertz CT molecular complexity index is 693. The number of para-hydroxylation sites is 1. The molecule has 0 unspecified atom stereocenters. The maximum atomic E-state index is 11.6. The van der Waals surface area contributed by atoms with E-state index in [4.69, 9.17) is 9.66 Å². The predicted molar refractivity (Wildman–Crippen MR) is 68.7 cm³/mol. The second kappa shape index (κ2) is 5.37. The summed E-state index contributed by atoms with van der Waals surface area (Å²) in [5, 5.41) is 11.9. The third-order valence-corrected chi connectivity index (χ3v) is 3.26. The van der Waals surface area contributed by atoms with Crippen molar-refractivity contribution in [1.29, 1.82) is 0 Å². The number of hydrogen-bond donors (Lipinski definition) is 2. The van der Waals surface area contributed by atoms with Crippen molar-refractivity contribution in [1.82, 2.24) is 10.5 Å². The molecular weight excluding hydrogens is 270 g/mol. The number of aromatic nitrogens is 1. The molecule has 0 fully saturated rings. The summed E-state index contributed by atoms with van der Waals surface area (Å²) in [6, 6.07) is 7.19. The van der Waals surface area contributed by atoms with Gasteiger partial charge in [-0.05, 0) is 12.1 Å². The summed E-state index contributed by atoms with van der Waals surface area (Å²) in [4.78, 5) is 11.6. The van der Waals surface area contributed by atoms with Crippen molar-refractivity contribution in [2.75, 3.05) is 12.3 Å². The molecule has 0 aliphatic rings. The molecule has 1 heterocycles. The van der Waals surface area contributed by atoms with Gasteiger partial charge in [0, 0.05) is 11.9 Å². The Balaban J connectivity index is 1.96. The van der Waals surface area contributed by atoms with Crippen LogP contribution in [0.1, 0.15) is 5.69 Å². The number of fused-ring (bicyclic) bond motifs is 1. The van der Waals surface area contributed by atoms with Gasteiger partial charge in [-0.15, -0.1) is 0 Å². The normalized spacial score (nSPS) is 11.6. The van der Waals surface area contributed by atoms with Crippen molar-refractivity contribution in [3.05, 3.63) is 30.0 Å². The van der Waals surface area contributed by atoms with Crippen LogP contribution in [0.25, 0.3) is 11.0 Å². The van der Waals surface area contributed by atoms with Crippen LogP contribution in [-0.4, -0.2) is 31.8 Å². The highest BCUT2D eigenvalue weighted by Crippen LogP contribution is 2.17. The summed E-state index contributed by atoms with van der Waals surface area (Å²) in [5.41, 5.74) is 1.12. The fourth-order valence-electron chi connectivity index (χ4n) is 1.61. The third kappa shape index (κ3) is 3.76. The fraction of sp³-hybridized carbons (Fsp3) is 0.273. The molecule has 2 rings (SSSR count). The van der Waals surface area contributed by atoms with Gasteiger partial charge in [-0.3, -0.25) is 4.79 Å². The van der Waals surface area contributed by atoms with E-state index in [9.17, 15) is 13.2 Å². The number of nitrogens with zero attached hydrogens (tertiary/aromatic N) is 1. The number of hydrogen-bond acceptors (Lipinski definition) is 5. The molecule has 8 heteroatoms. The maximum absolute atomic E-state index is 11.6. The second-order valence-corrected chi connectivity index (χ2v) is 5.75. The van der Waals surface area contributed by atoms with Crippen LogP contribution < -0.4 is 10.5 Å². The summed E-state index contributed by atoms with van der Waals surface area (Å²) in [6.45, 7) is -0.0204. The molecule has 0 radical (unpaired) electrons. The Hall–Kier alpha value is -1.93. The van der Waals surface area contributed by atoms with Gasteiger partial charge in [0.1, 0.15) is 5.69 Å². The van der Waals surface area contributed by atoms with Gasteiger partial charge in [0.25, 0.3) is 0 Å². The van der Waals surface area contributed by atoms with Crippen LogP contribution in [0, 0.1) is 0 Å². The van der Waals surface area contributed by atoms with E-state index in [2.05, 4.69) is 10.5 Å². The molecule has 0 spiro atoms. The number of nitrogens with two attached hydrogens (primary N) is 1. The number of amides is 1. The van der Waals surface area contributed by atoms with Crippen LogP contribution in [0.3, 0.4) is 0 Å². The lowest BCUT2D eigenvalue weighted by Gasteiger charge is -2.02. The van der Waals surface area contributed by atoms with E-state index in [1.807, 2.05) is 12.1 Å². The Morgan fingerprint density at radius 3 is 2.84 bits per heavy atom. The number of benzene rings is 1. The van der Waals surface area contributed by atoms with Crippen LogP contribution in [0.2, 0.25) is 0 Å². The summed E-state index contributed by atoms with van der Waals surface area (Å²) < 4.78 is 26.5. The molecule has 0 saturated heterocycles. The predicted octanol–water partition coefficient (Wildman–Crippen LogP) is -0.225. The first kappa shape index (κ1) is 13.5. The summed E-state index contributed by atoms with van der Waals surface area (Å²) in [5.74, 6) is -0.624. The van der Waals surface area contributed by atoms with E-state index in [0.717, 1.165) is 5.39 Å². The SMILES string of the molecule is NS(=O)(=O)CCNC(=O)Cc1noc2ccccc12. The number of carbonyl (C=O) groups excluding carboxylic acids is 1. The lowest BCUT2D eigenvalue weighted by molar-refractivity contribution is -0.120. The largest absolute Gasteiger partial charge is 0.356 e. The van der Waals surface area contributed by atoms with E-state index in [1.54, 1.807) is 12.1 Å². The molecule has 19 heavy (non-hydrogen) atoms. The van der Waals surface area contributed by atoms with Crippen molar-refractivity contribution in [3.8, 4) is 0 Å². The van der Waals surface area contributed by atoms with Crippen molar-refractivity contribution in [2.45, 2.75) is 6.42 Å². The first-order valence-electron chi connectivity index (χ1n) is 5.56. The standard InChI is InChI=1S/C11H13N3O4S/c12-19(16,17)6-5-13-11(15)7-9-8-3-1-2-4-10(8)18-14-9/h1-4H,5-7H2,(H,13,15)(H2,12,16,17). The van der Waals surface area contributed by atoms with Gasteiger partial charge in [0.2, 0.25) is 15.9 Å². The van der Waals surface area contributed by atoms with Gasteiger partial charge in [-0.2, -0.15) is 0 Å². The highest BCUT2D eigenvalue weighted by Gasteiger charge is 2.12. The first-order chi connectivity index (χ1) is 8.96. The molecular formula is C11H13N3O4S. The van der Waals surface area contributed by atoms with E-state index < -0.39 is 10.0 Å². The summed E-state index contributed by atoms with van der Waals surface area (Å²) >= 11 is 0. The van der Waals surface area contributed by atoms with Gasteiger partial charge >= 0.3 is 0 Å². The Kier molecular flexibility index (Phi) is 3.82. The van der Waals surface area contributed by atoms with Gasteiger partial charge in [-0.1, -0.05) is 17.3 Å². The highest BCUT2D eigenvalue weighted by atomic mass is 32.2. The van der Waals surface area contributed by atoms with E-state index in [-0.39, 0.29) is 24.6 Å². The van der Waals surface area contributed by atoms with Crippen LogP contribution in [0.5, 0.6) is 0 Å². The van der Waals surface area contributed by atoms with E-state index in [1.165, 1.54) is 0 Å². The Morgan fingerprint density at radius 2 is 2.11 bits per heavy atom. The molecule has 0 aliphatic carbocycles. The van der Waals surface area contributed by atoms with Crippen LogP contribution in [0.15, 0.2) is 28.8 Å². The van der Waals surface area contributed by atoms with Gasteiger partial charge in [0.05, 0.1) is 12.2 Å². The van der Waals surface area contributed by atoms with Crippen molar-refractivity contribution >= 4 is 26.9 Å². The van der Waals surface area contributed by atoms with Crippen molar-refractivity contribution in [2.24, 2.45) is 5.14 Å². The van der Waals surface area contributed by atoms with Gasteiger partial charge in [0.15, 0.2) is 5.58 Å². The quantitative estimate of drug-likeness (QED) is 0.786. The number of nitrogens with one attached hydrogen (secondary N) is 1. The zero-order chi connectivity index (χ0) is 13.9. The lowest BCUT2D eigenvalue weighted by Crippen LogP contribution is -2.32. The molecule has 2 aromatic rings. The molecule has 102 valence electrons. The zero-order valence-electron chi connectivity index (χ0n) is 10.00.